The number of hydrogen-bond donors (Lipinski definition) is 2. The van der Waals surface area contributed by atoms with Gasteiger partial charge in [0.15, 0.2) is 0 Å². The summed E-state index contributed by atoms with van der Waals surface area (Å²) in [6, 6.07) is 9.65. The molecule has 0 unspecified atom stereocenters. The fraction of sp³-hybridized carbons (Fsp3) is 0.0714. The maximum atomic E-state index is 13.7. The molecule has 0 aliphatic heterocycles. The minimum Gasteiger partial charge on any atom is -0.399 e. The molecule has 2 rings (SSSR count). The molecule has 2 aromatic rings. The van der Waals surface area contributed by atoms with Crippen LogP contribution in [-0.4, -0.2) is 8.42 Å². The zero-order valence-corrected chi connectivity index (χ0v) is 11.9. The minimum absolute atomic E-state index is 0.101. The van der Waals surface area contributed by atoms with Crippen LogP contribution in [0.5, 0.6) is 0 Å². The summed E-state index contributed by atoms with van der Waals surface area (Å²) in [7, 11) is -4.08. The number of rotatable bonds is 3. The highest BCUT2D eigenvalue weighted by Gasteiger charge is 2.20. The molecule has 0 aromatic heterocycles. The van der Waals surface area contributed by atoms with E-state index in [0.717, 1.165) is 0 Å². The van der Waals surface area contributed by atoms with Gasteiger partial charge in [-0.3, -0.25) is 4.72 Å². The lowest BCUT2D eigenvalue weighted by atomic mass is 10.2. The van der Waals surface area contributed by atoms with Crippen molar-refractivity contribution < 1.29 is 12.8 Å². The van der Waals surface area contributed by atoms with Crippen LogP contribution in [0.25, 0.3) is 0 Å². The highest BCUT2D eigenvalue weighted by molar-refractivity contribution is 7.92. The molecule has 2 aromatic carbocycles. The monoisotopic (exact) mass is 305 g/mol. The Morgan fingerprint density at radius 1 is 1.24 bits per heavy atom. The van der Waals surface area contributed by atoms with E-state index >= 15 is 0 Å². The second-order valence-corrected chi connectivity index (χ2v) is 6.11. The third-order valence-electron chi connectivity index (χ3n) is 2.78. The summed E-state index contributed by atoms with van der Waals surface area (Å²) in [6.07, 6.45) is 0. The molecule has 0 atom stereocenters. The summed E-state index contributed by atoms with van der Waals surface area (Å²) in [5, 5.41) is 9.00. The van der Waals surface area contributed by atoms with Crippen LogP contribution in [0.4, 0.5) is 15.8 Å². The maximum absolute atomic E-state index is 13.7. The Morgan fingerprint density at radius 2 is 1.95 bits per heavy atom. The van der Waals surface area contributed by atoms with E-state index in [0.29, 0.717) is 5.56 Å². The zero-order chi connectivity index (χ0) is 15.6. The number of anilines is 2. The summed E-state index contributed by atoms with van der Waals surface area (Å²) < 4.78 is 40.4. The zero-order valence-electron chi connectivity index (χ0n) is 11.1. The molecule has 3 N–H and O–H groups in total. The summed E-state index contributed by atoms with van der Waals surface area (Å²) in [5.41, 5.74) is 6.22. The van der Waals surface area contributed by atoms with Gasteiger partial charge in [0.2, 0.25) is 0 Å². The van der Waals surface area contributed by atoms with Crippen molar-refractivity contribution in [1.82, 2.24) is 0 Å². The van der Waals surface area contributed by atoms with Gasteiger partial charge in [-0.2, -0.15) is 5.26 Å². The van der Waals surface area contributed by atoms with Crippen molar-refractivity contribution in [1.29, 1.82) is 5.26 Å². The maximum Gasteiger partial charge on any atom is 0.263 e. The first-order valence-corrected chi connectivity index (χ1v) is 7.40. The van der Waals surface area contributed by atoms with E-state index in [2.05, 4.69) is 4.72 Å². The first-order chi connectivity index (χ1) is 9.83. The fourth-order valence-electron chi connectivity index (χ4n) is 1.79. The molecular weight excluding hydrogens is 293 g/mol. The number of nitrogens with zero attached hydrogens (tertiary/aromatic N) is 1. The first-order valence-electron chi connectivity index (χ1n) is 5.92. The van der Waals surface area contributed by atoms with Crippen molar-refractivity contribution in [2.75, 3.05) is 10.5 Å². The van der Waals surface area contributed by atoms with Gasteiger partial charge in [0.1, 0.15) is 16.8 Å². The SMILES string of the molecule is Cc1ccc(F)c(NS(=O)(=O)c2ccc(N)cc2C#N)c1. The molecule has 108 valence electrons. The lowest BCUT2D eigenvalue weighted by Gasteiger charge is -2.11. The number of benzene rings is 2. The average molecular weight is 305 g/mol. The molecule has 21 heavy (non-hydrogen) atoms. The van der Waals surface area contributed by atoms with Gasteiger partial charge in [0.25, 0.3) is 10.0 Å². The number of sulfonamides is 1. The Balaban J connectivity index is 2.49. The number of nitrogen functional groups attached to an aromatic ring is 1. The highest BCUT2D eigenvalue weighted by atomic mass is 32.2. The molecule has 5 nitrogen and oxygen atoms in total. The number of nitriles is 1. The van der Waals surface area contributed by atoms with Crippen LogP contribution >= 0.6 is 0 Å². The molecule has 0 aliphatic rings. The standard InChI is InChI=1S/C14H12FN3O2S/c1-9-2-4-12(15)13(6-9)18-21(19,20)14-5-3-11(17)7-10(14)8-16/h2-7,18H,17H2,1H3. The van der Waals surface area contributed by atoms with Crippen LogP contribution in [-0.2, 0) is 10.0 Å². The second kappa shape index (κ2) is 5.42. The van der Waals surface area contributed by atoms with E-state index in [-0.39, 0.29) is 21.8 Å². The van der Waals surface area contributed by atoms with Gasteiger partial charge in [-0.05, 0) is 42.8 Å². The van der Waals surface area contributed by atoms with Gasteiger partial charge in [-0.25, -0.2) is 12.8 Å². The van der Waals surface area contributed by atoms with Crippen molar-refractivity contribution in [2.24, 2.45) is 0 Å². The predicted octanol–water partition coefficient (Wildman–Crippen LogP) is 2.39. The van der Waals surface area contributed by atoms with Gasteiger partial charge < -0.3 is 5.73 Å². The number of nitrogens with one attached hydrogen (secondary N) is 1. The van der Waals surface area contributed by atoms with Crippen LogP contribution in [0.2, 0.25) is 0 Å². The summed E-state index contributed by atoms with van der Waals surface area (Å²) in [5.74, 6) is -0.696. The number of aryl methyl sites for hydroxylation is 1. The third-order valence-corrected chi connectivity index (χ3v) is 4.20. The molecule has 0 fully saturated rings. The van der Waals surface area contributed by atoms with E-state index in [1.165, 1.54) is 36.4 Å². The Hall–Kier alpha value is -2.59. The first kappa shape index (κ1) is 14.8. The van der Waals surface area contributed by atoms with Crippen molar-refractivity contribution in [3.05, 3.63) is 53.3 Å². The fourth-order valence-corrected chi connectivity index (χ4v) is 2.98. The molecule has 7 heteroatoms. The van der Waals surface area contributed by atoms with Gasteiger partial charge in [-0.1, -0.05) is 6.07 Å². The van der Waals surface area contributed by atoms with Crippen LogP contribution in [0, 0.1) is 24.1 Å². The Morgan fingerprint density at radius 3 is 2.62 bits per heavy atom. The van der Waals surface area contributed by atoms with Crippen LogP contribution in [0.1, 0.15) is 11.1 Å². The van der Waals surface area contributed by atoms with Crippen LogP contribution < -0.4 is 10.5 Å². The minimum atomic E-state index is -4.08. The van der Waals surface area contributed by atoms with Crippen molar-refractivity contribution in [2.45, 2.75) is 11.8 Å². The molecular formula is C14H12FN3O2S. The number of halogens is 1. The largest absolute Gasteiger partial charge is 0.399 e. The molecule has 0 spiro atoms. The third kappa shape index (κ3) is 3.12. The van der Waals surface area contributed by atoms with E-state index < -0.39 is 15.8 Å². The van der Waals surface area contributed by atoms with Gasteiger partial charge in [-0.15, -0.1) is 0 Å². The molecule has 0 radical (unpaired) electrons. The Kier molecular flexibility index (Phi) is 3.82. The van der Waals surface area contributed by atoms with Gasteiger partial charge >= 0.3 is 0 Å². The Bertz CT molecular complexity index is 842. The number of nitrogens with two attached hydrogens (primary N) is 1. The molecule has 0 amide bonds. The smallest absolute Gasteiger partial charge is 0.263 e. The van der Waals surface area contributed by atoms with E-state index in [1.54, 1.807) is 13.0 Å². The molecule has 0 bridgehead atoms. The summed E-state index contributed by atoms with van der Waals surface area (Å²) in [4.78, 5) is -0.250. The molecule has 0 saturated carbocycles. The molecule has 0 heterocycles. The Labute approximate surface area is 121 Å². The van der Waals surface area contributed by atoms with Gasteiger partial charge in [0.05, 0.1) is 11.3 Å². The highest BCUT2D eigenvalue weighted by Crippen LogP contribution is 2.23. The summed E-state index contributed by atoms with van der Waals surface area (Å²) in [6.45, 7) is 1.71. The average Bonchev–Trinajstić information content (AvgIpc) is 2.42. The topological polar surface area (TPSA) is 96.0 Å². The van der Waals surface area contributed by atoms with Crippen LogP contribution in [0.3, 0.4) is 0 Å². The predicted molar refractivity (Wildman–Crippen MR) is 77.5 cm³/mol. The van der Waals surface area contributed by atoms with Crippen LogP contribution in [0.15, 0.2) is 41.3 Å². The molecule has 0 saturated heterocycles. The van der Waals surface area contributed by atoms with Crippen molar-refractivity contribution in [3.63, 3.8) is 0 Å². The van der Waals surface area contributed by atoms with E-state index in [1.807, 2.05) is 0 Å². The van der Waals surface area contributed by atoms with Crippen molar-refractivity contribution in [3.8, 4) is 6.07 Å². The van der Waals surface area contributed by atoms with Crippen molar-refractivity contribution >= 4 is 21.4 Å². The van der Waals surface area contributed by atoms with E-state index in [9.17, 15) is 12.8 Å². The number of hydrogen-bond acceptors (Lipinski definition) is 4. The lowest BCUT2D eigenvalue weighted by molar-refractivity contribution is 0.598. The molecule has 0 aliphatic carbocycles. The summed E-state index contributed by atoms with van der Waals surface area (Å²) >= 11 is 0. The van der Waals surface area contributed by atoms with Gasteiger partial charge in [0, 0.05) is 5.69 Å². The quantitative estimate of drug-likeness (QED) is 0.851. The van der Waals surface area contributed by atoms with E-state index in [4.69, 9.17) is 11.0 Å². The second-order valence-electron chi connectivity index (χ2n) is 4.46. The normalized spacial score (nSPS) is 10.9. The lowest BCUT2D eigenvalue weighted by Crippen LogP contribution is -2.15.